The van der Waals surface area contributed by atoms with Crippen molar-refractivity contribution >= 4 is 17.1 Å². The number of fused-ring (bicyclic) bond motifs is 1. The number of ether oxygens (including phenoxy) is 1. The van der Waals surface area contributed by atoms with E-state index in [1.54, 1.807) is 35.1 Å². The normalized spacial score (nSPS) is 10.5. The van der Waals surface area contributed by atoms with Crippen LogP contribution >= 0.6 is 0 Å². The fourth-order valence-electron chi connectivity index (χ4n) is 2.13. The number of rotatable bonds is 4. The van der Waals surface area contributed by atoms with Gasteiger partial charge in [0, 0.05) is 18.1 Å². The lowest BCUT2D eigenvalue weighted by molar-refractivity contribution is 0.102. The molecule has 0 fully saturated rings. The van der Waals surface area contributed by atoms with Gasteiger partial charge in [0.05, 0.1) is 17.7 Å². The summed E-state index contributed by atoms with van der Waals surface area (Å²) in [7, 11) is 0. The molecule has 3 aromatic rings. The van der Waals surface area contributed by atoms with E-state index < -0.39 is 0 Å². The van der Waals surface area contributed by atoms with Gasteiger partial charge in [-0.1, -0.05) is 12.1 Å². The van der Waals surface area contributed by atoms with Crippen molar-refractivity contribution in [1.29, 1.82) is 0 Å². The lowest BCUT2D eigenvalue weighted by atomic mass is 10.2. The number of hydrogen-bond acceptors (Lipinski definition) is 3. The van der Waals surface area contributed by atoms with Gasteiger partial charge in [0.2, 0.25) is 0 Å². The smallest absolute Gasteiger partial charge is 0.259 e. The van der Waals surface area contributed by atoms with Gasteiger partial charge in [-0.05, 0) is 37.3 Å². The molecule has 3 rings (SSSR count). The van der Waals surface area contributed by atoms with Crippen LogP contribution in [0.15, 0.2) is 54.9 Å². The van der Waals surface area contributed by atoms with Gasteiger partial charge in [0.15, 0.2) is 0 Å². The molecule has 0 aliphatic carbocycles. The van der Waals surface area contributed by atoms with E-state index >= 15 is 0 Å². The lowest BCUT2D eigenvalue weighted by Gasteiger charge is -2.10. The van der Waals surface area contributed by atoms with E-state index in [4.69, 9.17) is 4.74 Å². The van der Waals surface area contributed by atoms with Gasteiger partial charge in [0.25, 0.3) is 5.91 Å². The summed E-state index contributed by atoms with van der Waals surface area (Å²) in [4.78, 5) is 12.4. The summed E-state index contributed by atoms with van der Waals surface area (Å²) in [6.45, 7) is 2.41. The maximum absolute atomic E-state index is 12.4. The van der Waals surface area contributed by atoms with Gasteiger partial charge in [-0.15, -0.1) is 0 Å². The number of para-hydroxylation sites is 1. The summed E-state index contributed by atoms with van der Waals surface area (Å²) in [6, 6.07) is 12.8. The molecule has 0 spiro atoms. The predicted octanol–water partition coefficient (Wildman–Crippen LogP) is 2.99. The highest BCUT2D eigenvalue weighted by atomic mass is 16.5. The minimum absolute atomic E-state index is 0.192. The Morgan fingerprint density at radius 1 is 1.29 bits per heavy atom. The van der Waals surface area contributed by atoms with Crippen LogP contribution in [0, 0.1) is 0 Å². The SMILES string of the molecule is CCOc1ccccc1C(=O)Nc1ccn2nccc2c1. The third kappa shape index (κ3) is 2.72. The molecule has 0 aliphatic heterocycles. The molecule has 21 heavy (non-hydrogen) atoms. The average Bonchev–Trinajstić information content (AvgIpc) is 2.95. The van der Waals surface area contributed by atoms with Crippen molar-refractivity contribution < 1.29 is 9.53 Å². The minimum atomic E-state index is -0.192. The maximum atomic E-state index is 12.4. The first-order valence-corrected chi connectivity index (χ1v) is 6.74. The van der Waals surface area contributed by atoms with Gasteiger partial charge < -0.3 is 10.1 Å². The fraction of sp³-hybridized carbons (Fsp3) is 0.125. The summed E-state index contributed by atoms with van der Waals surface area (Å²) in [5, 5.41) is 7.00. The molecule has 0 unspecified atom stereocenters. The van der Waals surface area contributed by atoms with E-state index in [-0.39, 0.29) is 5.91 Å². The van der Waals surface area contributed by atoms with Crippen molar-refractivity contribution in [2.24, 2.45) is 0 Å². The molecule has 0 atom stereocenters. The fourth-order valence-corrected chi connectivity index (χ4v) is 2.13. The van der Waals surface area contributed by atoms with Gasteiger partial charge in [-0.25, -0.2) is 4.52 Å². The molecular formula is C16H15N3O2. The zero-order valence-electron chi connectivity index (χ0n) is 11.6. The van der Waals surface area contributed by atoms with Gasteiger partial charge in [-0.3, -0.25) is 4.79 Å². The second-order valence-corrected chi connectivity index (χ2v) is 4.50. The molecule has 2 heterocycles. The van der Waals surface area contributed by atoms with Crippen molar-refractivity contribution in [3.8, 4) is 5.75 Å². The zero-order chi connectivity index (χ0) is 14.7. The number of amides is 1. The van der Waals surface area contributed by atoms with Crippen LogP contribution in [-0.4, -0.2) is 22.1 Å². The van der Waals surface area contributed by atoms with Crippen LogP contribution < -0.4 is 10.1 Å². The number of benzene rings is 1. The lowest BCUT2D eigenvalue weighted by Crippen LogP contribution is -2.13. The van der Waals surface area contributed by atoms with E-state index in [0.717, 1.165) is 11.2 Å². The van der Waals surface area contributed by atoms with Crippen LogP contribution in [0.5, 0.6) is 5.75 Å². The molecule has 1 N–H and O–H groups in total. The van der Waals surface area contributed by atoms with Crippen molar-refractivity contribution in [3.63, 3.8) is 0 Å². The summed E-state index contributed by atoms with van der Waals surface area (Å²) in [5.74, 6) is 0.394. The molecular weight excluding hydrogens is 266 g/mol. The number of anilines is 1. The van der Waals surface area contributed by atoms with Gasteiger partial charge in [0.1, 0.15) is 5.75 Å². The molecule has 0 radical (unpaired) electrons. The van der Waals surface area contributed by atoms with Crippen molar-refractivity contribution in [3.05, 3.63) is 60.4 Å². The van der Waals surface area contributed by atoms with Crippen molar-refractivity contribution in [2.75, 3.05) is 11.9 Å². The molecule has 106 valence electrons. The summed E-state index contributed by atoms with van der Waals surface area (Å²) < 4.78 is 7.22. The molecule has 1 amide bonds. The van der Waals surface area contributed by atoms with Crippen LogP contribution in [-0.2, 0) is 0 Å². The van der Waals surface area contributed by atoms with Gasteiger partial charge >= 0.3 is 0 Å². The number of pyridine rings is 1. The Bertz CT molecular complexity index is 780. The maximum Gasteiger partial charge on any atom is 0.259 e. The summed E-state index contributed by atoms with van der Waals surface area (Å²) in [5.41, 5.74) is 2.16. The highest BCUT2D eigenvalue weighted by molar-refractivity contribution is 6.06. The van der Waals surface area contributed by atoms with Crippen molar-refractivity contribution in [2.45, 2.75) is 6.92 Å². The molecule has 2 aromatic heterocycles. The number of hydrogen-bond donors (Lipinski definition) is 1. The van der Waals surface area contributed by atoms with Crippen LogP contribution in [0.3, 0.4) is 0 Å². The van der Waals surface area contributed by atoms with E-state index in [0.29, 0.717) is 17.9 Å². The first kappa shape index (κ1) is 13.2. The Balaban J connectivity index is 1.85. The number of aromatic nitrogens is 2. The topological polar surface area (TPSA) is 55.6 Å². The quantitative estimate of drug-likeness (QED) is 0.800. The number of nitrogens with zero attached hydrogens (tertiary/aromatic N) is 2. The van der Waals surface area contributed by atoms with Crippen LogP contribution in [0.4, 0.5) is 5.69 Å². The third-order valence-corrected chi connectivity index (χ3v) is 3.09. The average molecular weight is 281 g/mol. The Morgan fingerprint density at radius 3 is 3.00 bits per heavy atom. The second-order valence-electron chi connectivity index (χ2n) is 4.50. The van der Waals surface area contributed by atoms with Crippen LogP contribution in [0.25, 0.3) is 5.52 Å². The van der Waals surface area contributed by atoms with E-state index in [2.05, 4.69) is 10.4 Å². The van der Waals surface area contributed by atoms with E-state index in [9.17, 15) is 4.79 Å². The number of carbonyl (C=O) groups excluding carboxylic acids is 1. The first-order valence-electron chi connectivity index (χ1n) is 6.74. The largest absolute Gasteiger partial charge is 0.493 e. The standard InChI is InChI=1S/C16H15N3O2/c1-2-21-15-6-4-3-5-14(15)16(20)18-12-8-10-19-13(11-12)7-9-17-19/h3-11H,2H2,1H3,(H,18,20). The molecule has 0 aliphatic rings. The highest BCUT2D eigenvalue weighted by Gasteiger charge is 2.12. The summed E-state index contributed by atoms with van der Waals surface area (Å²) >= 11 is 0. The van der Waals surface area contributed by atoms with E-state index in [1.165, 1.54) is 0 Å². The summed E-state index contributed by atoms with van der Waals surface area (Å²) in [6.07, 6.45) is 3.52. The Kier molecular flexibility index (Phi) is 3.55. The molecule has 0 bridgehead atoms. The minimum Gasteiger partial charge on any atom is -0.493 e. The molecule has 0 saturated heterocycles. The highest BCUT2D eigenvalue weighted by Crippen LogP contribution is 2.20. The Labute approximate surface area is 122 Å². The number of nitrogens with one attached hydrogen (secondary N) is 1. The van der Waals surface area contributed by atoms with Crippen LogP contribution in [0.2, 0.25) is 0 Å². The van der Waals surface area contributed by atoms with Crippen molar-refractivity contribution in [1.82, 2.24) is 9.61 Å². The Morgan fingerprint density at radius 2 is 2.14 bits per heavy atom. The molecule has 5 nitrogen and oxygen atoms in total. The molecule has 5 heteroatoms. The van der Waals surface area contributed by atoms with Gasteiger partial charge in [-0.2, -0.15) is 5.10 Å². The third-order valence-electron chi connectivity index (χ3n) is 3.09. The predicted molar refractivity (Wildman–Crippen MR) is 80.8 cm³/mol. The zero-order valence-corrected chi connectivity index (χ0v) is 11.6. The number of carbonyl (C=O) groups is 1. The monoisotopic (exact) mass is 281 g/mol. The first-order chi connectivity index (χ1) is 10.3. The molecule has 0 saturated carbocycles. The second kappa shape index (κ2) is 5.66. The van der Waals surface area contributed by atoms with Crippen LogP contribution in [0.1, 0.15) is 17.3 Å². The molecule has 1 aromatic carbocycles. The van der Waals surface area contributed by atoms with E-state index in [1.807, 2.05) is 31.2 Å². The Hall–Kier alpha value is -2.82.